The Bertz CT molecular complexity index is 315. The van der Waals surface area contributed by atoms with Crippen molar-refractivity contribution >= 4 is 23.6 Å². The van der Waals surface area contributed by atoms with Crippen molar-refractivity contribution in [1.82, 2.24) is 10.2 Å². The van der Waals surface area contributed by atoms with Crippen LogP contribution in [0.2, 0.25) is 0 Å². The number of hydrogen-bond acceptors (Lipinski definition) is 3. The van der Waals surface area contributed by atoms with E-state index in [1.54, 1.807) is 4.90 Å². The highest BCUT2D eigenvalue weighted by Crippen LogP contribution is 2.12. The molecular formula is C12H21ClN2O3. The summed E-state index contributed by atoms with van der Waals surface area (Å²) in [6, 6.07) is -0.0286. The Hall–Kier alpha value is -0.970. The molecule has 0 bridgehead atoms. The van der Waals surface area contributed by atoms with Gasteiger partial charge in [-0.05, 0) is 27.2 Å². The normalized spacial score (nSPS) is 19.8. The molecule has 0 radical (unpaired) electrons. The van der Waals surface area contributed by atoms with Crippen molar-refractivity contribution in [2.45, 2.75) is 45.3 Å². The second-order valence-corrected chi connectivity index (χ2v) is 5.79. The number of carbonyl (C=O) groups is 2. The molecule has 5 nitrogen and oxygen atoms in total. The summed E-state index contributed by atoms with van der Waals surface area (Å²) in [5.74, 6) is 0.373. The number of rotatable bonds is 3. The molecule has 1 N–H and O–H groups in total. The zero-order chi connectivity index (χ0) is 13.8. The molecule has 0 aromatic carbocycles. The quantitative estimate of drug-likeness (QED) is 0.799. The topological polar surface area (TPSA) is 58.6 Å². The van der Waals surface area contributed by atoms with Crippen LogP contribution in [0.25, 0.3) is 0 Å². The minimum absolute atomic E-state index is 0.0286. The lowest BCUT2D eigenvalue weighted by Crippen LogP contribution is -2.41. The van der Waals surface area contributed by atoms with Crippen LogP contribution in [0.1, 0.15) is 33.6 Å². The summed E-state index contributed by atoms with van der Waals surface area (Å²) in [6.07, 6.45) is 0.674. The number of amides is 2. The fourth-order valence-electron chi connectivity index (χ4n) is 1.82. The Labute approximate surface area is 113 Å². The van der Waals surface area contributed by atoms with Gasteiger partial charge in [-0.15, -0.1) is 11.6 Å². The number of likely N-dealkylation sites (tertiary alicyclic amines) is 1. The second-order valence-electron chi connectivity index (χ2n) is 5.41. The molecule has 1 atom stereocenters. The largest absolute Gasteiger partial charge is 0.444 e. The van der Waals surface area contributed by atoms with Gasteiger partial charge in [0.2, 0.25) is 5.91 Å². The van der Waals surface area contributed by atoms with Crippen molar-refractivity contribution in [2.24, 2.45) is 0 Å². The van der Waals surface area contributed by atoms with Crippen LogP contribution < -0.4 is 5.32 Å². The van der Waals surface area contributed by atoms with E-state index >= 15 is 0 Å². The van der Waals surface area contributed by atoms with Gasteiger partial charge in [0.25, 0.3) is 0 Å². The van der Waals surface area contributed by atoms with Crippen molar-refractivity contribution in [3.63, 3.8) is 0 Å². The smallest absolute Gasteiger partial charge is 0.407 e. The van der Waals surface area contributed by atoms with Gasteiger partial charge in [-0.3, -0.25) is 4.79 Å². The van der Waals surface area contributed by atoms with E-state index < -0.39 is 11.7 Å². The van der Waals surface area contributed by atoms with E-state index in [-0.39, 0.29) is 11.9 Å². The lowest BCUT2D eigenvalue weighted by molar-refractivity contribution is -0.129. The van der Waals surface area contributed by atoms with Gasteiger partial charge >= 0.3 is 6.09 Å². The van der Waals surface area contributed by atoms with Crippen LogP contribution in [-0.2, 0) is 9.53 Å². The van der Waals surface area contributed by atoms with Gasteiger partial charge < -0.3 is 15.0 Å². The average molecular weight is 277 g/mol. The van der Waals surface area contributed by atoms with E-state index in [0.717, 1.165) is 6.42 Å². The highest BCUT2D eigenvalue weighted by Gasteiger charge is 2.28. The van der Waals surface area contributed by atoms with Gasteiger partial charge in [-0.25, -0.2) is 4.79 Å². The summed E-state index contributed by atoms with van der Waals surface area (Å²) in [5, 5.41) is 2.77. The van der Waals surface area contributed by atoms with Gasteiger partial charge in [-0.1, -0.05) is 0 Å². The first-order valence-electron chi connectivity index (χ1n) is 6.15. The molecule has 1 rings (SSSR count). The molecule has 0 aliphatic carbocycles. The maximum absolute atomic E-state index is 11.6. The van der Waals surface area contributed by atoms with E-state index in [1.165, 1.54) is 0 Å². The van der Waals surface area contributed by atoms with Crippen molar-refractivity contribution in [2.75, 3.05) is 19.0 Å². The van der Waals surface area contributed by atoms with Crippen LogP contribution in [0.4, 0.5) is 4.79 Å². The number of carbonyl (C=O) groups excluding carboxylic acids is 2. The summed E-state index contributed by atoms with van der Waals surface area (Å²) in [7, 11) is 0. The monoisotopic (exact) mass is 276 g/mol. The van der Waals surface area contributed by atoms with Crippen LogP contribution in [-0.4, -0.2) is 47.5 Å². The molecule has 1 saturated heterocycles. The van der Waals surface area contributed by atoms with Gasteiger partial charge in [0.15, 0.2) is 0 Å². The average Bonchev–Trinajstić information content (AvgIpc) is 2.63. The van der Waals surface area contributed by atoms with Crippen molar-refractivity contribution in [3.8, 4) is 0 Å². The first-order valence-corrected chi connectivity index (χ1v) is 6.68. The van der Waals surface area contributed by atoms with E-state index in [1.807, 2.05) is 20.8 Å². The SMILES string of the molecule is CC(C)(C)OC(=O)N[C@@H]1CCN(C(=O)CCCl)C1. The molecule has 6 heteroatoms. The Morgan fingerprint density at radius 3 is 2.67 bits per heavy atom. The minimum Gasteiger partial charge on any atom is -0.444 e. The first-order chi connectivity index (χ1) is 8.31. The Kier molecular flexibility index (Phi) is 5.26. The first kappa shape index (κ1) is 15.1. The number of halogens is 1. The van der Waals surface area contributed by atoms with Crippen molar-refractivity contribution < 1.29 is 14.3 Å². The van der Waals surface area contributed by atoms with E-state index in [9.17, 15) is 9.59 Å². The van der Waals surface area contributed by atoms with E-state index in [0.29, 0.717) is 25.4 Å². The molecule has 0 aromatic rings. The number of alkyl halides is 1. The number of alkyl carbamates (subject to hydrolysis) is 1. The summed E-state index contributed by atoms with van der Waals surface area (Å²) in [5.41, 5.74) is -0.503. The molecule has 0 saturated carbocycles. The van der Waals surface area contributed by atoms with Crippen molar-refractivity contribution in [1.29, 1.82) is 0 Å². The molecule has 0 unspecified atom stereocenters. The highest BCUT2D eigenvalue weighted by molar-refractivity contribution is 6.18. The van der Waals surface area contributed by atoms with E-state index in [2.05, 4.69) is 5.32 Å². The molecule has 1 fully saturated rings. The van der Waals surface area contributed by atoms with Crippen LogP contribution >= 0.6 is 11.6 Å². The molecule has 1 aliphatic heterocycles. The third kappa shape index (κ3) is 5.12. The molecule has 1 heterocycles. The Morgan fingerprint density at radius 1 is 1.44 bits per heavy atom. The maximum atomic E-state index is 11.6. The molecule has 0 aromatic heterocycles. The molecule has 104 valence electrons. The zero-order valence-corrected chi connectivity index (χ0v) is 11.9. The second kappa shape index (κ2) is 6.27. The number of nitrogens with zero attached hydrogens (tertiary/aromatic N) is 1. The van der Waals surface area contributed by atoms with Gasteiger partial charge in [-0.2, -0.15) is 0 Å². The maximum Gasteiger partial charge on any atom is 0.407 e. The van der Waals surface area contributed by atoms with Crippen LogP contribution in [0.3, 0.4) is 0 Å². The fourth-order valence-corrected chi connectivity index (χ4v) is 1.98. The molecule has 0 spiro atoms. The predicted octanol–water partition coefficient (Wildman–Crippen LogP) is 1.74. The van der Waals surface area contributed by atoms with E-state index in [4.69, 9.17) is 16.3 Å². The lowest BCUT2D eigenvalue weighted by atomic mass is 10.2. The highest BCUT2D eigenvalue weighted by atomic mass is 35.5. The third-order valence-electron chi connectivity index (χ3n) is 2.57. The van der Waals surface area contributed by atoms with Gasteiger partial charge in [0, 0.05) is 25.4 Å². The lowest BCUT2D eigenvalue weighted by Gasteiger charge is -2.22. The molecule has 1 aliphatic rings. The molecule has 2 amide bonds. The third-order valence-corrected chi connectivity index (χ3v) is 2.76. The van der Waals surface area contributed by atoms with Crippen LogP contribution in [0, 0.1) is 0 Å². The summed E-state index contributed by atoms with van der Waals surface area (Å²) >= 11 is 5.53. The van der Waals surface area contributed by atoms with Crippen molar-refractivity contribution in [3.05, 3.63) is 0 Å². The summed E-state index contributed by atoms with van der Waals surface area (Å²) < 4.78 is 5.17. The van der Waals surface area contributed by atoms with Gasteiger partial charge in [0.1, 0.15) is 5.60 Å². The van der Waals surface area contributed by atoms with Crippen LogP contribution in [0.5, 0.6) is 0 Å². The predicted molar refractivity (Wildman–Crippen MR) is 69.7 cm³/mol. The molecular weight excluding hydrogens is 256 g/mol. The van der Waals surface area contributed by atoms with Gasteiger partial charge in [0.05, 0.1) is 6.04 Å². The standard InChI is InChI=1S/C12H21ClN2O3/c1-12(2,3)18-11(17)14-9-5-7-15(8-9)10(16)4-6-13/h9H,4-8H2,1-3H3,(H,14,17)/t9-/m1/s1. The Morgan fingerprint density at radius 2 is 2.11 bits per heavy atom. The zero-order valence-electron chi connectivity index (χ0n) is 11.2. The summed E-state index contributed by atoms with van der Waals surface area (Å²) in [6.45, 7) is 6.65. The Balaban J connectivity index is 2.34. The molecule has 18 heavy (non-hydrogen) atoms. The minimum atomic E-state index is -0.503. The van der Waals surface area contributed by atoms with Crippen LogP contribution in [0.15, 0.2) is 0 Å². The summed E-state index contributed by atoms with van der Waals surface area (Å²) in [4.78, 5) is 24.9. The number of ether oxygens (including phenoxy) is 1. The number of nitrogens with one attached hydrogen (secondary N) is 1. The number of hydrogen-bond donors (Lipinski definition) is 1. The fraction of sp³-hybridized carbons (Fsp3) is 0.833.